The van der Waals surface area contributed by atoms with E-state index in [0.29, 0.717) is 5.39 Å². The number of aromatic hydroxyl groups is 1. The van der Waals surface area contributed by atoms with E-state index in [1.54, 1.807) is 12.1 Å². The summed E-state index contributed by atoms with van der Waals surface area (Å²) in [4.78, 5) is 25.9. The Morgan fingerprint density at radius 2 is 1.80 bits per heavy atom. The van der Waals surface area contributed by atoms with Gasteiger partial charge in [0.1, 0.15) is 0 Å². The van der Waals surface area contributed by atoms with Crippen molar-refractivity contribution < 1.29 is 24.2 Å². The van der Waals surface area contributed by atoms with Gasteiger partial charge in [0.2, 0.25) is 5.75 Å². The van der Waals surface area contributed by atoms with E-state index < -0.39 is 11.9 Å². The van der Waals surface area contributed by atoms with Crippen LogP contribution >= 0.6 is 0 Å². The number of carbonyl (C=O) groups is 2. The topological polar surface area (TPSA) is 76.1 Å². The number of ether oxygens (including phenoxy) is 2. The summed E-state index contributed by atoms with van der Waals surface area (Å²) < 4.78 is 10.4. The third-order valence-electron chi connectivity index (χ3n) is 4.58. The molecule has 2 aromatic carbocycles. The molecule has 6 heteroatoms. The predicted octanol–water partition coefficient (Wildman–Crippen LogP) is 2.17. The highest BCUT2D eigenvalue weighted by molar-refractivity contribution is 6.01. The summed E-state index contributed by atoms with van der Waals surface area (Å²) in [6, 6.07) is 7.27. The molecule has 6 nitrogen and oxygen atoms in total. The molecule has 0 atom stereocenters. The van der Waals surface area contributed by atoms with Crippen molar-refractivity contribution in [2.24, 2.45) is 0 Å². The highest BCUT2D eigenvalue weighted by Crippen LogP contribution is 2.44. The SMILES string of the molecule is O=C1/C=C/C(=O)Oc2c(O)c(cc3c(CCN4CCC4)cccc23)O1. The van der Waals surface area contributed by atoms with Gasteiger partial charge >= 0.3 is 11.9 Å². The molecular formula is C19H17NO5. The smallest absolute Gasteiger partial charge is 0.336 e. The van der Waals surface area contributed by atoms with Crippen molar-refractivity contribution in [2.45, 2.75) is 12.8 Å². The van der Waals surface area contributed by atoms with Crippen LogP contribution in [-0.2, 0) is 16.0 Å². The van der Waals surface area contributed by atoms with E-state index in [-0.39, 0.29) is 17.2 Å². The van der Waals surface area contributed by atoms with Crippen molar-refractivity contribution in [3.05, 3.63) is 42.0 Å². The third kappa shape index (κ3) is 2.96. The predicted molar refractivity (Wildman–Crippen MR) is 90.8 cm³/mol. The molecule has 4 rings (SSSR count). The number of esters is 2. The number of benzene rings is 2. The van der Waals surface area contributed by atoms with Gasteiger partial charge in [-0.05, 0) is 42.9 Å². The van der Waals surface area contributed by atoms with E-state index in [4.69, 9.17) is 9.47 Å². The van der Waals surface area contributed by atoms with Crippen LogP contribution in [0.25, 0.3) is 10.8 Å². The zero-order valence-electron chi connectivity index (χ0n) is 13.5. The molecule has 0 radical (unpaired) electrons. The first-order valence-corrected chi connectivity index (χ1v) is 8.23. The van der Waals surface area contributed by atoms with Gasteiger partial charge in [-0.3, -0.25) is 0 Å². The number of hydrogen-bond acceptors (Lipinski definition) is 6. The normalized spacial score (nSPS) is 18.6. The maximum atomic E-state index is 11.8. The average Bonchev–Trinajstić information content (AvgIpc) is 2.58. The molecule has 1 saturated heterocycles. The molecule has 2 heterocycles. The molecule has 2 aromatic rings. The fraction of sp³-hybridized carbons (Fsp3) is 0.263. The Morgan fingerprint density at radius 1 is 1.04 bits per heavy atom. The van der Waals surface area contributed by atoms with Crippen molar-refractivity contribution in [3.8, 4) is 17.2 Å². The van der Waals surface area contributed by atoms with Crippen molar-refractivity contribution in [1.82, 2.24) is 4.90 Å². The Morgan fingerprint density at radius 3 is 2.52 bits per heavy atom. The second-order valence-corrected chi connectivity index (χ2v) is 6.19. The lowest BCUT2D eigenvalue weighted by atomic mass is 9.99. The Kier molecular flexibility index (Phi) is 3.89. The number of hydrogen-bond donors (Lipinski definition) is 1. The van der Waals surface area contributed by atoms with Crippen LogP contribution in [0.3, 0.4) is 0 Å². The number of carbonyl (C=O) groups excluding carboxylic acids is 2. The zero-order chi connectivity index (χ0) is 17.4. The van der Waals surface area contributed by atoms with Crippen LogP contribution in [0.5, 0.6) is 17.2 Å². The Labute approximate surface area is 144 Å². The molecule has 0 spiro atoms. The molecule has 0 aromatic heterocycles. The third-order valence-corrected chi connectivity index (χ3v) is 4.58. The summed E-state index contributed by atoms with van der Waals surface area (Å²) in [6.45, 7) is 3.16. The van der Waals surface area contributed by atoms with E-state index in [1.165, 1.54) is 6.42 Å². The molecule has 0 amide bonds. The van der Waals surface area contributed by atoms with Crippen LogP contribution in [0.1, 0.15) is 12.0 Å². The molecule has 0 aliphatic carbocycles. The number of rotatable bonds is 3. The minimum absolute atomic E-state index is 0.0109. The van der Waals surface area contributed by atoms with Gasteiger partial charge in [-0.1, -0.05) is 18.2 Å². The fourth-order valence-electron chi connectivity index (χ4n) is 3.12. The second-order valence-electron chi connectivity index (χ2n) is 6.19. The van der Waals surface area contributed by atoms with Crippen molar-refractivity contribution in [3.63, 3.8) is 0 Å². The van der Waals surface area contributed by atoms with Crippen LogP contribution in [0.15, 0.2) is 36.4 Å². The highest BCUT2D eigenvalue weighted by Gasteiger charge is 2.22. The van der Waals surface area contributed by atoms with E-state index in [9.17, 15) is 14.7 Å². The first kappa shape index (κ1) is 15.7. The quantitative estimate of drug-likeness (QED) is 0.682. The molecule has 2 aliphatic heterocycles. The Balaban J connectivity index is 1.82. The first-order valence-electron chi connectivity index (χ1n) is 8.23. The standard InChI is InChI=1S/C19H17NO5/c21-16-5-6-17(22)25-19-13-4-1-3-12(7-10-20-8-2-9-20)14(13)11-15(24-16)18(19)23/h1,3-6,11,23H,2,7-10H2/b6-5+. The van der Waals surface area contributed by atoms with Crippen molar-refractivity contribution >= 4 is 22.7 Å². The minimum atomic E-state index is -0.738. The van der Waals surface area contributed by atoms with Gasteiger partial charge in [0, 0.05) is 24.1 Å². The van der Waals surface area contributed by atoms with E-state index in [1.807, 2.05) is 12.1 Å². The summed E-state index contributed by atoms with van der Waals surface area (Å²) in [7, 11) is 0. The molecule has 1 fully saturated rings. The molecule has 128 valence electrons. The monoisotopic (exact) mass is 339 g/mol. The van der Waals surface area contributed by atoms with Gasteiger partial charge in [0.05, 0.1) is 0 Å². The Bertz CT molecular complexity index is 898. The largest absolute Gasteiger partial charge is 0.502 e. The first-order chi connectivity index (χ1) is 12.1. The van der Waals surface area contributed by atoms with Crippen LogP contribution in [0, 0.1) is 0 Å². The lowest BCUT2D eigenvalue weighted by Crippen LogP contribution is -2.38. The van der Waals surface area contributed by atoms with E-state index in [2.05, 4.69) is 4.90 Å². The maximum absolute atomic E-state index is 11.8. The molecule has 1 N–H and O–H groups in total. The molecular weight excluding hydrogens is 322 g/mol. The lowest BCUT2D eigenvalue weighted by Gasteiger charge is -2.30. The summed E-state index contributed by atoms with van der Waals surface area (Å²) >= 11 is 0. The van der Waals surface area contributed by atoms with Crippen LogP contribution in [0.2, 0.25) is 0 Å². The van der Waals surface area contributed by atoms with Gasteiger partial charge in [-0.25, -0.2) is 9.59 Å². The summed E-state index contributed by atoms with van der Waals surface area (Å²) in [6.07, 6.45) is 4.02. The van der Waals surface area contributed by atoms with Crippen molar-refractivity contribution in [1.29, 1.82) is 0 Å². The molecule has 2 aliphatic rings. The van der Waals surface area contributed by atoms with Gasteiger partial charge in [-0.15, -0.1) is 0 Å². The molecule has 0 saturated carbocycles. The van der Waals surface area contributed by atoms with Crippen LogP contribution in [0.4, 0.5) is 0 Å². The molecule has 0 unspecified atom stereocenters. The number of phenols is 1. The number of nitrogens with zero attached hydrogens (tertiary/aromatic N) is 1. The number of likely N-dealkylation sites (tertiary alicyclic amines) is 1. The van der Waals surface area contributed by atoms with E-state index >= 15 is 0 Å². The summed E-state index contributed by atoms with van der Waals surface area (Å²) in [5.74, 6) is -1.82. The van der Waals surface area contributed by atoms with Gasteiger partial charge in [0.25, 0.3) is 0 Å². The maximum Gasteiger partial charge on any atom is 0.336 e. The summed E-state index contributed by atoms with van der Waals surface area (Å²) in [5, 5.41) is 11.8. The van der Waals surface area contributed by atoms with Gasteiger partial charge in [0.15, 0.2) is 11.5 Å². The second kappa shape index (κ2) is 6.22. The zero-order valence-corrected chi connectivity index (χ0v) is 13.5. The van der Waals surface area contributed by atoms with Gasteiger partial charge in [-0.2, -0.15) is 0 Å². The number of phenolic OH excluding ortho intramolecular Hbond substituents is 1. The average molecular weight is 339 g/mol. The highest BCUT2D eigenvalue weighted by atomic mass is 16.6. The van der Waals surface area contributed by atoms with E-state index in [0.717, 1.165) is 49.2 Å². The van der Waals surface area contributed by atoms with Crippen LogP contribution in [-0.4, -0.2) is 41.6 Å². The molecule has 2 bridgehead atoms. The number of fused-ring (bicyclic) bond motifs is 4. The fourth-order valence-corrected chi connectivity index (χ4v) is 3.12. The van der Waals surface area contributed by atoms with Crippen molar-refractivity contribution in [2.75, 3.05) is 19.6 Å². The Hall–Kier alpha value is -2.86. The lowest BCUT2D eigenvalue weighted by molar-refractivity contribution is -0.131. The molecule has 25 heavy (non-hydrogen) atoms. The summed E-state index contributed by atoms with van der Waals surface area (Å²) in [5.41, 5.74) is 1.05. The minimum Gasteiger partial charge on any atom is -0.502 e. The van der Waals surface area contributed by atoms with Crippen LogP contribution < -0.4 is 9.47 Å². The van der Waals surface area contributed by atoms with Gasteiger partial charge < -0.3 is 19.5 Å².